The van der Waals surface area contributed by atoms with E-state index in [1.54, 1.807) is 17.5 Å². The van der Waals surface area contributed by atoms with Gasteiger partial charge in [-0.3, -0.25) is 0 Å². The fourth-order valence-electron chi connectivity index (χ4n) is 4.07. The van der Waals surface area contributed by atoms with Crippen LogP contribution in [0, 0.1) is 5.92 Å². The van der Waals surface area contributed by atoms with Crippen molar-refractivity contribution >= 4 is 22.2 Å². The van der Waals surface area contributed by atoms with E-state index in [2.05, 4.69) is 10.1 Å². The molecule has 148 valence electrons. The molecule has 2 aromatic carbocycles. The highest BCUT2D eigenvalue weighted by Gasteiger charge is 2.68. The van der Waals surface area contributed by atoms with Crippen molar-refractivity contribution in [1.29, 1.82) is 0 Å². The summed E-state index contributed by atoms with van der Waals surface area (Å²) in [6.07, 6.45) is -4.27. The lowest BCUT2D eigenvalue weighted by molar-refractivity contribution is -0.268. The van der Waals surface area contributed by atoms with Crippen molar-refractivity contribution in [3.05, 3.63) is 71.1 Å². The van der Waals surface area contributed by atoms with Crippen LogP contribution in [0.4, 0.5) is 18.3 Å². The highest BCUT2D eigenvalue weighted by molar-refractivity contribution is 7.14. The average Bonchev–Trinajstić information content (AvgIpc) is 3.32. The van der Waals surface area contributed by atoms with Gasteiger partial charge in [0.25, 0.3) is 5.72 Å². The molecule has 0 bridgehead atoms. The summed E-state index contributed by atoms with van der Waals surface area (Å²) in [6, 6.07) is 16.5. The first-order valence-corrected chi connectivity index (χ1v) is 10.0. The smallest absolute Gasteiger partial charge is 0.362 e. The molecule has 1 aromatic heterocycles. The van der Waals surface area contributed by atoms with E-state index in [0.717, 1.165) is 22.5 Å². The Morgan fingerprint density at radius 3 is 2.55 bits per heavy atom. The molecule has 2 heterocycles. The van der Waals surface area contributed by atoms with Crippen molar-refractivity contribution in [3.63, 3.8) is 0 Å². The number of hydrazone groups is 1. The van der Waals surface area contributed by atoms with Gasteiger partial charge in [0.15, 0.2) is 0 Å². The molecule has 3 aromatic rings. The van der Waals surface area contributed by atoms with Gasteiger partial charge in [0.2, 0.25) is 5.13 Å². The van der Waals surface area contributed by atoms with Crippen LogP contribution >= 0.6 is 11.3 Å². The number of alkyl halides is 3. The van der Waals surface area contributed by atoms with Gasteiger partial charge in [-0.05, 0) is 18.4 Å². The molecule has 0 fully saturated rings. The largest absolute Gasteiger partial charge is 0.439 e. The number of hydrogen-bond acceptors (Lipinski definition) is 5. The van der Waals surface area contributed by atoms with Gasteiger partial charge in [-0.15, -0.1) is 11.3 Å². The summed E-state index contributed by atoms with van der Waals surface area (Å²) in [6.45, 7) is 0. The fourth-order valence-corrected chi connectivity index (χ4v) is 4.91. The van der Waals surface area contributed by atoms with E-state index < -0.39 is 17.8 Å². The number of halogens is 3. The third-order valence-corrected chi connectivity index (χ3v) is 6.32. The number of aromatic nitrogens is 1. The van der Waals surface area contributed by atoms with E-state index in [4.69, 9.17) is 0 Å². The van der Waals surface area contributed by atoms with Crippen LogP contribution in [0.25, 0.3) is 11.3 Å². The van der Waals surface area contributed by atoms with Gasteiger partial charge in [-0.2, -0.15) is 23.3 Å². The minimum atomic E-state index is -4.90. The molecule has 5 rings (SSSR count). The zero-order valence-corrected chi connectivity index (χ0v) is 15.9. The number of aliphatic hydroxyl groups is 1. The summed E-state index contributed by atoms with van der Waals surface area (Å²) in [5.74, 6) is -1.17. The van der Waals surface area contributed by atoms with Crippen LogP contribution in [0.15, 0.2) is 65.1 Å². The van der Waals surface area contributed by atoms with Gasteiger partial charge in [-0.25, -0.2) is 4.98 Å². The summed E-state index contributed by atoms with van der Waals surface area (Å²) < 4.78 is 42.5. The highest BCUT2D eigenvalue weighted by atomic mass is 32.1. The van der Waals surface area contributed by atoms with Crippen molar-refractivity contribution < 1.29 is 18.3 Å². The number of fused-ring (bicyclic) bond motifs is 3. The summed E-state index contributed by atoms with van der Waals surface area (Å²) in [5, 5.41) is 17.6. The summed E-state index contributed by atoms with van der Waals surface area (Å²) in [4.78, 5) is 4.36. The molecule has 8 heteroatoms. The Kier molecular flexibility index (Phi) is 4.04. The van der Waals surface area contributed by atoms with Crippen LogP contribution in [0.1, 0.15) is 17.5 Å². The number of benzene rings is 2. The molecular weight excluding hydrogens is 399 g/mol. The second kappa shape index (κ2) is 6.40. The SMILES string of the molecule is OC1(C(F)(F)F)C2CCc3ccccc3C2=NN1c1nc(-c2ccccc2)cs1. The number of rotatable bonds is 2. The predicted molar refractivity (Wildman–Crippen MR) is 106 cm³/mol. The minimum Gasteiger partial charge on any atom is -0.362 e. The van der Waals surface area contributed by atoms with Gasteiger partial charge in [0.1, 0.15) is 0 Å². The number of hydrogen-bond donors (Lipinski definition) is 1. The zero-order valence-electron chi connectivity index (χ0n) is 15.1. The monoisotopic (exact) mass is 415 g/mol. The standard InChI is InChI=1S/C21H16F3N3OS/c22-21(23,24)20(28)16-11-10-13-6-4-5-9-15(13)18(16)26-27(20)19-25-17(12-29-19)14-7-2-1-3-8-14/h1-9,12,16,28H,10-11H2. The first-order valence-electron chi connectivity index (χ1n) is 9.16. The van der Waals surface area contributed by atoms with Crippen molar-refractivity contribution in [3.8, 4) is 11.3 Å². The van der Waals surface area contributed by atoms with E-state index in [0.29, 0.717) is 22.7 Å². The van der Waals surface area contributed by atoms with Crippen molar-refractivity contribution in [1.82, 2.24) is 4.98 Å². The molecule has 4 nitrogen and oxygen atoms in total. The topological polar surface area (TPSA) is 48.7 Å². The second-order valence-corrected chi connectivity index (χ2v) is 7.99. The van der Waals surface area contributed by atoms with E-state index in [1.165, 1.54) is 0 Å². The number of thiazole rings is 1. The lowest BCUT2D eigenvalue weighted by atomic mass is 9.77. The Morgan fingerprint density at radius 1 is 1.07 bits per heavy atom. The molecule has 2 atom stereocenters. The first kappa shape index (κ1) is 18.3. The number of nitrogens with zero attached hydrogens (tertiary/aromatic N) is 3. The molecule has 0 saturated carbocycles. The molecule has 29 heavy (non-hydrogen) atoms. The molecule has 1 aliphatic carbocycles. The van der Waals surface area contributed by atoms with Crippen molar-refractivity contribution in [2.45, 2.75) is 24.7 Å². The third-order valence-electron chi connectivity index (χ3n) is 5.50. The average molecular weight is 415 g/mol. The normalized spacial score (nSPS) is 23.5. The number of anilines is 1. The van der Waals surface area contributed by atoms with Gasteiger partial charge >= 0.3 is 6.18 Å². The van der Waals surface area contributed by atoms with Crippen LogP contribution in [0.3, 0.4) is 0 Å². The van der Waals surface area contributed by atoms with E-state index in [-0.39, 0.29) is 17.3 Å². The maximum atomic E-state index is 14.2. The molecular formula is C21H16F3N3OS. The molecule has 0 spiro atoms. The van der Waals surface area contributed by atoms with Gasteiger partial charge in [0, 0.05) is 16.5 Å². The quantitative estimate of drug-likeness (QED) is 0.651. The Hall–Kier alpha value is -2.71. The highest BCUT2D eigenvalue weighted by Crippen LogP contribution is 2.50. The first-order chi connectivity index (χ1) is 13.9. The number of aryl methyl sites for hydroxylation is 1. The second-order valence-electron chi connectivity index (χ2n) is 7.15. The Morgan fingerprint density at radius 2 is 1.79 bits per heavy atom. The lowest BCUT2D eigenvalue weighted by Gasteiger charge is -2.38. The van der Waals surface area contributed by atoms with Crippen LogP contribution < -0.4 is 5.01 Å². The lowest BCUT2D eigenvalue weighted by Crippen LogP contribution is -2.60. The van der Waals surface area contributed by atoms with Crippen LogP contribution in [0.2, 0.25) is 0 Å². The van der Waals surface area contributed by atoms with Crippen LogP contribution in [-0.4, -0.2) is 27.7 Å². The fraction of sp³-hybridized carbons (Fsp3) is 0.238. The molecule has 0 amide bonds. The summed E-state index contributed by atoms with van der Waals surface area (Å²) >= 11 is 1.03. The van der Waals surface area contributed by atoms with Gasteiger partial charge in [-0.1, -0.05) is 54.6 Å². The summed E-state index contributed by atoms with van der Waals surface area (Å²) in [7, 11) is 0. The maximum absolute atomic E-state index is 14.2. The maximum Gasteiger partial charge on any atom is 0.439 e. The summed E-state index contributed by atoms with van der Waals surface area (Å²) in [5.41, 5.74) is 0.0856. The van der Waals surface area contributed by atoms with E-state index >= 15 is 0 Å². The molecule has 0 radical (unpaired) electrons. The zero-order chi connectivity index (χ0) is 20.2. The predicted octanol–water partition coefficient (Wildman–Crippen LogP) is 4.85. The van der Waals surface area contributed by atoms with Crippen LogP contribution in [-0.2, 0) is 6.42 Å². The molecule has 0 saturated heterocycles. The molecule has 1 aliphatic heterocycles. The van der Waals surface area contributed by atoms with Crippen molar-refractivity contribution in [2.75, 3.05) is 5.01 Å². The van der Waals surface area contributed by atoms with Gasteiger partial charge in [0.05, 0.1) is 17.3 Å². The van der Waals surface area contributed by atoms with Crippen molar-refractivity contribution in [2.24, 2.45) is 11.0 Å². The van der Waals surface area contributed by atoms with Gasteiger partial charge < -0.3 is 5.11 Å². The van der Waals surface area contributed by atoms with Crippen LogP contribution in [0.5, 0.6) is 0 Å². The Labute approximate surface area is 168 Å². The Bertz CT molecular complexity index is 1100. The molecule has 2 unspecified atom stereocenters. The third kappa shape index (κ3) is 2.70. The van der Waals surface area contributed by atoms with E-state index in [9.17, 15) is 18.3 Å². The minimum absolute atomic E-state index is 0.0167. The molecule has 1 N–H and O–H groups in total. The Balaban J connectivity index is 1.63. The molecule has 2 aliphatic rings. The van der Waals surface area contributed by atoms with E-state index in [1.807, 2.05) is 42.5 Å².